The molecule has 0 atom stereocenters. The van der Waals surface area contributed by atoms with Gasteiger partial charge in [-0.2, -0.15) is 0 Å². The quantitative estimate of drug-likeness (QED) is 0.524. The lowest BCUT2D eigenvalue weighted by Gasteiger charge is -1.95. The van der Waals surface area contributed by atoms with Crippen LogP contribution in [0.5, 0.6) is 0 Å². The standard InChI is InChI=1S/C9H9NOS/c10-9(11)6-5-7-3-1-2-4-8(7)12/h1-6,12H,(H2,10,11)/b6-5+. The van der Waals surface area contributed by atoms with Crippen molar-refractivity contribution in [2.45, 2.75) is 4.90 Å². The van der Waals surface area contributed by atoms with E-state index in [9.17, 15) is 4.79 Å². The predicted molar refractivity (Wildman–Crippen MR) is 51.9 cm³/mol. The van der Waals surface area contributed by atoms with E-state index in [0.717, 1.165) is 10.5 Å². The van der Waals surface area contributed by atoms with Gasteiger partial charge >= 0.3 is 0 Å². The SMILES string of the molecule is NC(=O)/C=C/c1ccccc1S. The maximum atomic E-state index is 10.4. The van der Waals surface area contributed by atoms with Crippen molar-refractivity contribution in [1.29, 1.82) is 0 Å². The summed E-state index contributed by atoms with van der Waals surface area (Å²) in [4.78, 5) is 11.2. The van der Waals surface area contributed by atoms with Gasteiger partial charge in [0.15, 0.2) is 0 Å². The van der Waals surface area contributed by atoms with Crippen LogP contribution in [0, 0.1) is 0 Å². The number of rotatable bonds is 2. The molecule has 2 nitrogen and oxygen atoms in total. The van der Waals surface area contributed by atoms with Crippen molar-refractivity contribution in [3.05, 3.63) is 35.9 Å². The van der Waals surface area contributed by atoms with Crippen LogP contribution in [0.3, 0.4) is 0 Å². The molecular formula is C9H9NOS. The number of carbonyl (C=O) groups excluding carboxylic acids is 1. The Morgan fingerprint density at radius 3 is 2.67 bits per heavy atom. The van der Waals surface area contributed by atoms with Gasteiger partial charge in [-0.05, 0) is 17.7 Å². The highest BCUT2D eigenvalue weighted by atomic mass is 32.1. The van der Waals surface area contributed by atoms with E-state index >= 15 is 0 Å². The van der Waals surface area contributed by atoms with E-state index in [4.69, 9.17) is 5.73 Å². The Kier molecular flexibility index (Phi) is 2.94. The van der Waals surface area contributed by atoms with Gasteiger partial charge in [0.2, 0.25) is 5.91 Å². The van der Waals surface area contributed by atoms with Gasteiger partial charge in [0.05, 0.1) is 0 Å². The number of thiol groups is 1. The molecule has 0 aromatic heterocycles. The van der Waals surface area contributed by atoms with E-state index in [1.807, 2.05) is 24.3 Å². The number of primary amides is 1. The minimum atomic E-state index is -0.452. The molecule has 12 heavy (non-hydrogen) atoms. The van der Waals surface area contributed by atoms with Gasteiger partial charge < -0.3 is 5.73 Å². The number of amides is 1. The number of benzene rings is 1. The van der Waals surface area contributed by atoms with Gasteiger partial charge in [0.25, 0.3) is 0 Å². The van der Waals surface area contributed by atoms with Gasteiger partial charge in [-0.25, -0.2) is 0 Å². The van der Waals surface area contributed by atoms with Crippen LogP contribution < -0.4 is 5.73 Å². The Hall–Kier alpha value is -1.22. The second-order valence-corrected chi connectivity index (χ2v) is 2.78. The summed E-state index contributed by atoms with van der Waals surface area (Å²) in [7, 11) is 0. The predicted octanol–water partition coefficient (Wildman–Crippen LogP) is 1.47. The molecular weight excluding hydrogens is 170 g/mol. The van der Waals surface area contributed by atoms with Crippen LogP contribution in [0.4, 0.5) is 0 Å². The number of nitrogens with two attached hydrogens (primary N) is 1. The fourth-order valence-electron chi connectivity index (χ4n) is 0.800. The fraction of sp³-hybridized carbons (Fsp3) is 0. The average molecular weight is 179 g/mol. The zero-order valence-electron chi connectivity index (χ0n) is 6.40. The van der Waals surface area contributed by atoms with E-state index in [1.54, 1.807) is 6.08 Å². The highest BCUT2D eigenvalue weighted by Crippen LogP contribution is 2.13. The molecule has 0 aliphatic carbocycles. The summed E-state index contributed by atoms with van der Waals surface area (Å²) in [5.74, 6) is -0.452. The minimum Gasteiger partial charge on any atom is -0.366 e. The van der Waals surface area contributed by atoms with Gasteiger partial charge in [-0.3, -0.25) is 4.79 Å². The molecule has 0 fully saturated rings. The van der Waals surface area contributed by atoms with Gasteiger partial charge in [-0.1, -0.05) is 18.2 Å². The van der Waals surface area contributed by atoms with Crippen molar-refractivity contribution in [2.75, 3.05) is 0 Å². The van der Waals surface area contributed by atoms with E-state index in [0.29, 0.717) is 0 Å². The summed E-state index contributed by atoms with van der Waals surface area (Å²) in [6.45, 7) is 0. The summed E-state index contributed by atoms with van der Waals surface area (Å²) in [6.07, 6.45) is 2.96. The molecule has 0 bridgehead atoms. The maximum absolute atomic E-state index is 10.4. The Balaban J connectivity index is 2.89. The first-order valence-electron chi connectivity index (χ1n) is 3.45. The third-order valence-corrected chi connectivity index (χ3v) is 1.77. The maximum Gasteiger partial charge on any atom is 0.241 e. The molecule has 0 unspecified atom stereocenters. The lowest BCUT2D eigenvalue weighted by Crippen LogP contribution is -2.05. The smallest absolute Gasteiger partial charge is 0.241 e. The zero-order chi connectivity index (χ0) is 8.97. The third kappa shape index (κ3) is 2.43. The van der Waals surface area contributed by atoms with Crippen LogP contribution in [0.25, 0.3) is 6.08 Å². The topological polar surface area (TPSA) is 43.1 Å². The molecule has 0 saturated heterocycles. The first kappa shape index (κ1) is 8.87. The molecule has 3 heteroatoms. The first-order chi connectivity index (χ1) is 5.70. The van der Waals surface area contributed by atoms with Crippen LogP contribution in [0.15, 0.2) is 35.2 Å². The van der Waals surface area contributed by atoms with Crippen LogP contribution in [-0.2, 0) is 4.79 Å². The first-order valence-corrected chi connectivity index (χ1v) is 3.90. The number of hydrogen-bond donors (Lipinski definition) is 2. The molecule has 1 amide bonds. The van der Waals surface area contributed by atoms with Gasteiger partial charge in [0, 0.05) is 11.0 Å². The molecule has 0 spiro atoms. The molecule has 0 radical (unpaired) electrons. The highest BCUT2D eigenvalue weighted by molar-refractivity contribution is 7.80. The van der Waals surface area contributed by atoms with E-state index < -0.39 is 5.91 Å². The van der Waals surface area contributed by atoms with Crippen molar-refractivity contribution in [2.24, 2.45) is 5.73 Å². The van der Waals surface area contributed by atoms with Crippen LogP contribution in [0.2, 0.25) is 0 Å². The van der Waals surface area contributed by atoms with E-state index in [2.05, 4.69) is 12.6 Å². The summed E-state index contributed by atoms with van der Waals surface area (Å²) < 4.78 is 0. The Morgan fingerprint density at radius 2 is 2.08 bits per heavy atom. The Morgan fingerprint density at radius 1 is 1.42 bits per heavy atom. The molecule has 0 aliphatic heterocycles. The lowest BCUT2D eigenvalue weighted by atomic mass is 10.2. The van der Waals surface area contributed by atoms with Crippen molar-refractivity contribution in [3.63, 3.8) is 0 Å². The number of carbonyl (C=O) groups is 1. The lowest BCUT2D eigenvalue weighted by molar-refractivity contribution is -0.113. The number of hydrogen-bond acceptors (Lipinski definition) is 2. The molecule has 1 aromatic rings. The van der Waals surface area contributed by atoms with Crippen molar-refractivity contribution in [3.8, 4) is 0 Å². The monoisotopic (exact) mass is 179 g/mol. The third-order valence-electron chi connectivity index (χ3n) is 1.36. The second-order valence-electron chi connectivity index (χ2n) is 2.29. The van der Waals surface area contributed by atoms with Crippen molar-refractivity contribution in [1.82, 2.24) is 0 Å². The molecule has 0 heterocycles. The van der Waals surface area contributed by atoms with Crippen molar-refractivity contribution < 1.29 is 4.79 Å². The normalized spacial score (nSPS) is 10.4. The highest BCUT2D eigenvalue weighted by Gasteiger charge is 1.91. The van der Waals surface area contributed by atoms with Crippen molar-refractivity contribution >= 4 is 24.6 Å². The summed E-state index contributed by atoms with van der Waals surface area (Å²) in [5, 5.41) is 0. The summed E-state index contributed by atoms with van der Waals surface area (Å²) in [6, 6.07) is 7.47. The fourth-order valence-corrected chi connectivity index (χ4v) is 1.04. The molecule has 0 saturated carbocycles. The van der Waals surface area contributed by atoms with E-state index in [1.165, 1.54) is 6.08 Å². The van der Waals surface area contributed by atoms with Crippen LogP contribution in [0.1, 0.15) is 5.56 Å². The largest absolute Gasteiger partial charge is 0.366 e. The molecule has 62 valence electrons. The minimum absolute atomic E-state index is 0.452. The zero-order valence-corrected chi connectivity index (χ0v) is 7.29. The average Bonchev–Trinajstić information content (AvgIpc) is 2.03. The summed E-state index contributed by atoms with van der Waals surface area (Å²) >= 11 is 4.20. The Bertz CT molecular complexity index is 320. The molecule has 2 N–H and O–H groups in total. The second kappa shape index (κ2) is 3.97. The molecule has 1 rings (SSSR count). The summed E-state index contributed by atoms with van der Waals surface area (Å²) in [5.41, 5.74) is 5.83. The van der Waals surface area contributed by atoms with Crippen LogP contribution in [-0.4, -0.2) is 5.91 Å². The molecule has 0 aliphatic rings. The van der Waals surface area contributed by atoms with Crippen LogP contribution >= 0.6 is 12.6 Å². The Labute approximate surface area is 76.5 Å². The van der Waals surface area contributed by atoms with Gasteiger partial charge in [-0.15, -0.1) is 12.6 Å². The van der Waals surface area contributed by atoms with E-state index in [-0.39, 0.29) is 0 Å². The molecule has 1 aromatic carbocycles. The van der Waals surface area contributed by atoms with Gasteiger partial charge in [0.1, 0.15) is 0 Å².